The molecule has 126 valence electrons. The van der Waals surface area contributed by atoms with Crippen molar-refractivity contribution >= 4 is 39.8 Å². The highest BCUT2D eigenvalue weighted by Gasteiger charge is 2.43. The zero-order valence-electron chi connectivity index (χ0n) is 13.3. The van der Waals surface area contributed by atoms with Gasteiger partial charge in [0.1, 0.15) is 5.00 Å². The molecule has 4 nitrogen and oxygen atoms in total. The van der Waals surface area contributed by atoms with E-state index in [1.807, 2.05) is 24.3 Å². The molecule has 0 unspecified atom stereocenters. The predicted molar refractivity (Wildman–Crippen MR) is 95.9 cm³/mol. The fourth-order valence-corrected chi connectivity index (χ4v) is 4.19. The Balaban J connectivity index is 1.90. The first-order valence-corrected chi connectivity index (χ1v) is 9.06. The Morgan fingerprint density at radius 2 is 1.83 bits per heavy atom. The molecule has 1 amide bonds. The second-order valence-corrected chi connectivity index (χ2v) is 7.26. The topological polar surface area (TPSA) is 55.4 Å². The van der Waals surface area contributed by atoms with Crippen LogP contribution < -0.4 is 5.32 Å². The Hall–Kier alpha value is -1.85. The van der Waals surface area contributed by atoms with E-state index < -0.39 is 11.4 Å². The lowest BCUT2D eigenvalue weighted by Gasteiger charge is -2.28. The van der Waals surface area contributed by atoms with Gasteiger partial charge in [-0.25, -0.2) is 4.79 Å². The number of amides is 1. The normalized spacial score (nSPS) is 15.9. The smallest absolute Gasteiger partial charge is 0.340 e. The van der Waals surface area contributed by atoms with Crippen molar-refractivity contribution in [2.24, 2.45) is 0 Å². The van der Waals surface area contributed by atoms with Crippen molar-refractivity contribution in [3.8, 4) is 0 Å². The summed E-state index contributed by atoms with van der Waals surface area (Å²) < 4.78 is 4.77. The van der Waals surface area contributed by atoms with Gasteiger partial charge in [0.2, 0.25) is 5.91 Å². The highest BCUT2D eigenvalue weighted by atomic mass is 35.5. The average Bonchev–Trinajstić information content (AvgIpc) is 3.25. The van der Waals surface area contributed by atoms with E-state index in [0.29, 0.717) is 15.6 Å². The molecule has 0 radical (unpaired) electrons. The van der Waals surface area contributed by atoms with Gasteiger partial charge in [-0.3, -0.25) is 4.79 Å². The van der Waals surface area contributed by atoms with Crippen LogP contribution in [0.15, 0.2) is 35.7 Å². The summed E-state index contributed by atoms with van der Waals surface area (Å²) in [6, 6.07) is 9.13. The molecule has 3 rings (SSSR count). The molecule has 0 spiro atoms. The molecule has 1 aromatic heterocycles. The van der Waals surface area contributed by atoms with Crippen LogP contribution in [-0.2, 0) is 14.9 Å². The van der Waals surface area contributed by atoms with Crippen LogP contribution in [0.4, 0.5) is 5.00 Å². The molecule has 0 atom stereocenters. The summed E-state index contributed by atoms with van der Waals surface area (Å²) in [6.07, 6.45) is 3.59. The van der Waals surface area contributed by atoms with Crippen LogP contribution in [0.3, 0.4) is 0 Å². The van der Waals surface area contributed by atoms with Crippen LogP contribution in [0.5, 0.6) is 0 Å². The summed E-state index contributed by atoms with van der Waals surface area (Å²) in [5, 5.41) is 5.90. The third-order valence-corrected chi connectivity index (χ3v) is 5.67. The first-order valence-electron chi connectivity index (χ1n) is 7.80. The molecule has 0 saturated heterocycles. The minimum Gasteiger partial charge on any atom is -0.465 e. The molecule has 1 saturated carbocycles. The van der Waals surface area contributed by atoms with E-state index in [1.54, 1.807) is 11.4 Å². The number of nitrogens with one attached hydrogen (secondary N) is 1. The van der Waals surface area contributed by atoms with Gasteiger partial charge in [-0.15, -0.1) is 11.3 Å². The second-order valence-electron chi connectivity index (χ2n) is 5.91. The molecule has 1 heterocycles. The molecule has 1 fully saturated rings. The summed E-state index contributed by atoms with van der Waals surface area (Å²) in [7, 11) is 1.33. The number of anilines is 1. The maximum atomic E-state index is 13.1. The fourth-order valence-electron chi connectivity index (χ4n) is 3.29. The van der Waals surface area contributed by atoms with Crippen LogP contribution in [0, 0.1) is 0 Å². The van der Waals surface area contributed by atoms with E-state index in [2.05, 4.69) is 5.32 Å². The number of esters is 1. The van der Waals surface area contributed by atoms with E-state index in [0.717, 1.165) is 31.2 Å². The van der Waals surface area contributed by atoms with Crippen molar-refractivity contribution in [3.63, 3.8) is 0 Å². The Morgan fingerprint density at radius 3 is 2.46 bits per heavy atom. The van der Waals surface area contributed by atoms with Crippen molar-refractivity contribution in [1.82, 2.24) is 0 Å². The van der Waals surface area contributed by atoms with Gasteiger partial charge >= 0.3 is 5.97 Å². The van der Waals surface area contributed by atoms with Gasteiger partial charge in [-0.05, 0) is 42.0 Å². The number of ether oxygens (including phenoxy) is 1. The molecular weight excluding hydrogens is 346 g/mol. The van der Waals surface area contributed by atoms with Gasteiger partial charge in [0.25, 0.3) is 0 Å². The lowest BCUT2D eigenvalue weighted by Crippen LogP contribution is -2.38. The fraction of sp³-hybridized carbons (Fsp3) is 0.333. The largest absolute Gasteiger partial charge is 0.465 e. The Bertz CT molecular complexity index is 748. The molecule has 1 aliphatic carbocycles. The molecule has 6 heteroatoms. The van der Waals surface area contributed by atoms with Crippen LogP contribution in [0.25, 0.3) is 0 Å². The molecule has 0 aliphatic heterocycles. The molecule has 1 aliphatic rings. The van der Waals surface area contributed by atoms with Crippen molar-refractivity contribution in [2.75, 3.05) is 12.4 Å². The summed E-state index contributed by atoms with van der Waals surface area (Å²) in [6.45, 7) is 0. The lowest BCUT2D eigenvalue weighted by atomic mass is 9.78. The van der Waals surface area contributed by atoms with Crippen molar-refractivity contribution in [3.05, 3.63) is 51.9 Å². The zero-order valence-corrected chi connectivity index (χ0v) is 14.9. The van der Waals surface area contributed by atoms with Gasteiger partial charge in [-0.2, -0.15) is 0 Å². The van der Waals surface area contributed by atoms with E-state index in [-0.39, 0.29) is 5.91 Å². The minimum absolute atomic E-state index is 0.0741. The maximum absolute atomic E-state index is 13.1. The Morgan fingerprint density at radius 1 is 1.17 bits per heavy atom. The molecule has 1 N–H and O–H groups in total. The SMILES string of the molecule is COC(=O)c1ccsc1NC(=O)C1(c2ccc(Cl)cc2)CCCC1. The minimum atomic E-state index is -0.567. The van der Waals surface area contributed by atoms with Crippen LogP contribution in [0.1, 0.15) is 41.6 Å². The van der Waals surface area contributed by atoms with Gasteiger partial charge in [0.05, 0.1) is 18.1 Å². The van der Waals surface area contributed by atoms with E-state index in [9.17, 15) is 9.59 Å². The summed E-state index contributed by atoms with van der Waals surface area (Å²) in [5.41, 5.74) is 0.792. The number of thiophene rings is 1. The number of rotatable bonds is 4. The van der Waals surface area contributed by atoms with Crippen LogP contribution in [0.2, 0.25) is 5.02 Å². The quantitative estimate of drug-likeness (QED) is 0.805. The Labute approximate surface area is 149 Å². The molecule has 1 aromatic carbocycles. The average molecular weight is 364 g/mol. The van der Waals surface area contributed by atoms with E-state index in [4.69, 9.17) is 16.3 Å². The molecule has 24 heavy (non-hydrogen) atoms. The lowest BCUT2D eigenvalue weighted by molar-refractivity contribution is -0.121. The van der Waals surface area contributed by atoms with Crippen molar-refractivity contribution in [2.45, 2.75) is 31.1 Å². The third kappa shape index (κ3) is 3.06. The summed E-state index contributed by atoms with van der Waals surface area (Å²) in [5.74, 6) is -0.520. The molecule has 2 aromatic rings. The standard InChI is InChI=1S/C18H18ClNO3S/c1-23-16(21)14-8-11-24-15(14)20-17(22)18(9-2-3-10-18)12-4-6-13(19)7-5-12/h4-8,11H,2-3,9-10H2,1H3,(H,20,22). The third-order valence-electron chi connectivity index (χ3n) is 4.59. The van der Waals surface area contributed by atoms with E-state index >= 15 is 0 Å². The first kappa shape index (κ1) is 17.0. The van der Waals surface area contributed by atoms with Crippen LogP contribution >= 0.6 is 22.9 Å². The van der Waals surface area contributed by atoms with Crippen LogP contribution in [-0.4, -0.2) is 19.0 Å². The van der Waals surface area contributed by atoms with Gasteiger partial charge < -0.3 is 10.1 Å². The summed E-state index contributed by atoms with van der Waals surface area (Å²) in [4.78, 5) is 24.9. The predicted octanol–water partition coefficient (Wildman–Crippen LogP) is 4.64. The van der Waals surface area contributed by atoms with E-state index in [1.165, 1.54) is 18.4 Å². The Kier molecular flexibility index (Phi) is 4.92. The zero-order chi connectivity index (χ0) is 17.2. The first-order chi connectivity index (χ1) is 11.6. The molecule has 0 bridgehead atoms. The second kappa shape index (κ2) is 6.95. The monoisotopic (exact) mass is 363 g/mol. The highest BCUT2D eigenvalue weighted by molar-refractivity contribution is 7.14. The maximum Gasteiger partial charge on any atom is 0.340 e. The van der Waals surface area contributed by atoms with Crippen molar-refractivity contribution < 1.29 is 14.3 Å². The number of hydrogen-bond acceptors (Lipinski definition) is 4. The number of carbonyl (C=O) groups excluding carboxylic acids is 2. The number of halogens is 1. The van der Waals surface area contributed by atoms with Gasteiger partial charge in [0, 0.05) is 5.02 Å². The number of methoxy groups -OCH3 is 1. The summed E-state index contributed by atoms with van der Waals surface area (Å²) >= 11 is 7.30. The van der Waals surface area contributed by atoms with Gasteiger partial charge in [-0.1, -0.05) is 36.6 Å². The highest BCUT2D eigenvalue weighted by Crippen LogP contribution is 2.43. The molecular formula is C18H18ClNO3S. The number of hydrogen-bond donors (Lipinski definition) is 1. The van der Waals surface area contributed by atoms with Gasteiger partial charge in [0.15, 0.2) is 0 Å². The van der Waals surface area contributed by atoms with Crippen molar-refractivity contribution in [1.29, 1.82) is 0 Å². The number of benzene rings is 1. The number of carbonyl (C=O) groups is 2.